The van der Waals surface area contributed by atoms with E-state index in [2.05, 4.69) is 40.1 Å². The van der Waals surface area contributed by atoms with E-state index in [9.17, 15) is 0 Å². The van der Waals surface area contributed by atoms with Crippen molar-refractivity contribution in [2.75, 3.05) is 11.1 Å². The summed E-state index contributed by atoms with van der Waals surface area (Å²) in [5, 5.41) is 5.04. The molecular weight excluding hydrogens is 320 g/mol. The Morgan fingerprint density at radius 1 is 1.53 bits per heavy atom. The Kier molecular flexibility index (Phi) is 4.39. The summed E-state index contributed by atoms with van der Waals surface area (Å²) < 4.78 is 0.896. The smallest absolute Gasteiger partial charge is 0.161 e. The molecule has 92 valence electrons. The Balaban J connectivity index is 2.06. The van der Waals surface area contributed by atoms with Crippen LogP contribution in [0.25, 0.3) is 0 Å². The van der Waals surface area contributed by atoms with Crippen LogP contribution in [0.4, 0.5) is 5.69 Å². The predicted molar refractivity (Wildman–Crippen MR) is 81.3 cm³/mol. The Morgan fingerprint density at radius 2 is 2.29 bits per heavy atom. The maximum Gasteiger partial charge on any atom is 0.161 e. The van der Waals surface area contributed by atoms with Gasteiger partial charge in [0.25, 0.3) is 0 Å². The molecule has 1 unspecified atom stereocenters. The zero-order valence-corrected chi connectivity index (χ0v) is 12.9. The molecule has 5 heteroatoms. The van der Waals surface area contributed by atoms with E-state index in [1.54, 1.807) is 11.8 Å². The van der Waals surface area contributed by atoms with Crippen LogP contribution in [0.1, 0.15) is 13.8 Å². The van der Waals surface area contributed by atoms with Gasteiger partial charge < -0.3 is 5.32 Å². The molecule has 17 heavy (non-hydrogen) atoms. The zero-order chi connectivity index (χ0) is 12.4. The van der Waals surface area contributed by atoms with Gasteiger partial charge in [-0.3, -0.25) is 4.99 Å². The van der Waals surface area contributed by atoms with Gasteiger partial charge in [-0.1, -0.05) is 37.2 Å². The molecule has 0 fully saturated rings. The van der Waals surface area contributed by atoms with Crippen LogP contribution < -0.4 is 5.32 Å². The summed E-state index contributed by atoms with van der Waals surface area (Å²) in [4.78, 5) is 4.66. The van der Waals surface area contributed by atoms with Gasteiger partial charge in [-0.05, 0) is 40.0 Å². The van der Waals surface area contributed by atoms with Gasteiger partial charge in [0.05, 0.1) is 11.1 Å². The third-order valence-electron chi connectivity index (χ3n) is 2.61. The van der Waals surface area contributed by atoms with E-state index in [1.165, 1.54) is 0 Å². The Hall–Kier alpha value is -0.190. The highest BCUT2D eigenvalue weighted by Crippen LogP contribution is 2.28. The fraction of sp³-hybridized carbons (Fsp3) is 0.417. The molecule has 0 aliphatic carbocycles. The molecule has 0 aromatic heterocycles. The third-order valence-corrected chi connectivity index (χ3v) is 4.82. The second kappa shape index (κ2) is 5.63. The number of benzene rings is 1. The Morgan fingerprint density at radius 3 is 2.88 bits per heavy atom. The molecule has 0 saturated carbocycles. The lowest BCUT2D eigenvalue weighted by atomic mass is 10.1. The summed E-state index contributed by atoms with van der Waals surface area (Å²) >= 11 is 11.1. The lowest BCUT2D eigenvalue weighted by molar-refractivity contribution is 0.543. The van der Waals surface area contributed by atoms with Gasteiger partial charge in [0.2, 0.25) is 0 Å². The van der Waals surface area contributed by atoms with Crippen LogP contribution in [0.5, 0.6) is 0 Å². The molecule has 1 aliphatic rings. The molecule has 1 aromatic carbocycles. The maximum atomic E-state index is 5.95. The number of rotatable bonds is 2. The summed E-state index contributed by atoms with van der Waals surface area (Å²) in [5.74, 6) is 1.66. The molecule has 0 amide bonds. The molecule has 2 rings (SSSR count). The Bertz CT molecular complexity index is 448. The molecule has 1 aromatic rings. The van der Waals surface area contributed by atoms with Crippen LogP contribution in [-0.2, 0) is 0 Å². The van der Waals surface area contributed by atoms with Crippen LogP contribution in [0.2, 0.25) is 5.02 Å². The summed E-state index contributed by atoms with van der Waals surface area (Å²) in [6, 6.07) is 6.22. The fourth-order valence-corrected chi connectivity index (χ4v) is 3.18. The second-order valence-corrected chi connectivity index (χ2v) is 6.58. The number of hydrogen-bond donors (Lipinski definition) is 1. The van der Waals surface area contributed by atoms with Crippen LogP contribution in [0, 0.1) is 5.92 Å². The van der Waals surface area contributed by atoms with Crippen molar-refractivity contribution < 1.29 is 0 Å². The van der Waals surface area contributed by atoms with Crippen molar-refractivity contribution in [3.8, 4) is 0 Å². The van der Waals surface area contributed by atoms with E-state index < -0.39 is 0 Å². The Labute approximate surface area is 119 Å². The van der Waals surface area contributed by atoms with Crippen molar-refractivity contribution in [3.63, 3.8) is 0 Å². The van der Waals surface area contributed by atoms with Gasteiger partial charge in [0.15, 0.2) is 5.17 Å². The number of nitrogens with zero attached hydrogens (tertiary/aromatic N) is 1. The number of hydrogen-bond acceptors (Lipinski definition) is 3. The number of thioether (sulfide) groups is 1. The largest absolute Gasteiger partial charge is 0.335 e. The quantitative estimate of drug-likeness (QED) is 0.852. The SMILES string of the molecule is CC(C)C1CSC(Nc2ccc(Cl)c(Br)c2)=N1. The summed E-state index contributed by atoms with van der Waals surface area (Å²) in [6.45, 7) is 4.41. The monoisotopic (exact) mass is 332 g/mol. The highest BCUT2D eigenvalue weighted by molar-refractivity contribution is 9.10. The highest BCUT2D eigenvalue weighted by atomic mass is 79.9. The van der Waals surface area contributed by atoms with E-state index in [0.717, 1.165) is 26.1 Å². The topological polar surface area (TPSA) is 24.4 Å². The van der Waals surface area contributed by atoms with Crippen molar-refractivity contribution in [3.05, 3.63) is 27.7 Å². The average Bonchev–Trinajstić information content (AvgIpc) is 2.72. The first kappa shape index (κ1) is 13.2. The van der Waals surface area contributed by atoms with E-state index in [0.29, 0.717) is 12.0 Å². The summed E-state index contributed by atoms with van der Waals surface area (Å²) in [6.07, 6.45) is 0. The summed E-state index contributed by atoms with van der Waals surface area (Å²) in [5.41, 5.74) is 1.01. The molecule has 2 nitrogen and oxygen atoms in total. The molecule has 1 N–H and O–H groups in total. The molecule has 0 spiro atoms. The van der Waals surface area contributed by atoms with Crippen molar-refractivity contribution in [1.29, 1.82) is 0 Å². The van der Waals surface area contributed by atoms with Gasteiger partial charge in [-0.15, -0.1) is 0 Å². The third kappa shape index (κ3) is 3.39. The van der Waals surface area contributed by atoms with E-state index in [1.807, 2.05) is 18.2 Å². The number of amidine groups is 1. The number of nitrogens with one attached hydrogen (secondary N) is 1. The number of aliphatic imine (C=N–C) groups is 1. The van der Waals surface area contributed by atoms with Gasteiger partial charge in [-0.2, -0.15) is 0 Å². The molecule has 1 heterocycles. The van der Waals surface area contributed by atoms with Crippen LogP contribution >= 0.6 is 39.3 Å². The zero-order valence-electron chi connectivity index (χ0n) is 9.71. The molecule has 1 atom stereocenters. The standard InChI is InChI=1S/C12H14BrClN2S/c1-7(2)11-6-17-12(16-11)15-8-3-4-10(14)9(13)5-8/h3-5,7,11H,6H2,1-2H3,(H,15,16). The highest BCUT2D eigenvalue weighted by Gasteiger charge is 2.21. The van der Waals surface area contributed by atoms with Gasteiger partial charge in [0, 0.05) is 15.9 Å². The first-order valence-corrected chi connectivity index (χ1v) is 7.64. The molecule has 1 aliphatic heterocycles. The number of halogens is 2. The lowest BCUT2D eigenvalue weighted by Crippen LogP contribution is -2.12. The minimum atomic E-state index is 0.429. The van der Waals surface area contributed by atoms with Crippen LogP contribution in [-0.4, -0.2) is 17.0 Å². The average molecular weight is 334 g/mol. The number of anilines is 1. The van der Waals surface area contributed by atoms with Crippen LogP contribution in [0.15, 0.2) is 27.7 Å². The minimum absolute atomic E-state index is 0.429. The van der Waals surface area contributed by atoms with E-state index in [4.69, 9.17) is 11.6 Å². The predicted octanol–water partition coefficient (Wildman–Crippen LogP) is 4.64. The van der Waals surface area contributed by atoms with Gasteiger partial charge in [-0.25, -0.2) is 0 Å². The van der Waals surface area contributed by atoms with Gasteiger partial charge >= 0.3 is 0 Å². The minimum Gasteiger partial charge on any atom is -0.335 e. The van der Waals surface area contributed by atoms with Gasteiger partial charge in [0.1, 0.15) is 0 Å². The molecule has 0 radical (unpaired) electrons. The molecule has 0 saturated heterocycles. The fourth-order valence-electron chi connectivity index (χ4n) is 1.50. The maximum absolute atomic E-state index is 5.95. The molecular formula is C12H14BrClN2S. The van der Waals surface area contributed by atoms with Crippen molar-refractivity contribution in [2.24, 2.45) is 10.9 Å². The molecule has 0 bridgehead atoms. The first-order valence-electron chi connectivity index (χ1n) is 5.49. The van der Waals surface area contributed by atoms with Crippen molar-refractivity contribution in [1.82, 2.24) is 0 Å². The van der Waals surface area contributed by atoms with Crippen molar-refractivity contribution >= 4 is 50.1 Å². The van der Waals surface area contributed by atoms with E-state index >= 15 is 0 Å². The van der Waals surface area contributed by atoms with E-state index in [-0.39, 0.29) is 0 Å². The normalized spacial score (nSPS) is 19.6. The van der Waals surface area contributed by atoms with Crippen LogP contribution in [0.3, 0.4) is 0 Å². The lowest BCUT2D eigenvalue weighted by Gasteiger charge is -2.08. The second-order valence-electron chi connectivity index (χ2n) is 4.31. The summed E-state index contributed by atoms with van der Waals surface area (Å²) in [7, 11) is 0. The van der Waals surface area contributed by atoms with Crippen molar-refractivity contribution in [2.45, 2.75) is 19.9 Å². The first-order chi connectivity index (χ1) is 8.06.